The van der Waals surface area contributed by atoms with E-state index in [1.54, 1.807) is 6.92 Å². The maximum atomic E-state index is 12.0. The number of carbonyl (C=O) groups is 1. The summed E-state index contributed by atoms with van der Waals surface area (Å²) in [4.78, 5) is 20.5. The van der Waals surface area contributed by atoms with Gasteiger partial charge in [-0.3, -0.25) is 4.79 Å². The molecule has 5 nitrogen and oxygen atoms in total. The van der Waals surface area contributed by atoms with Crippen LogP contribution >= 0.6 is 0 Å². The monoisotopic (exact) mass is 318 g/mol. The molecule has 1 heterocycles. The van der Waals surface area contributed by atoms with Gasteiger partial charge in [-0.25, -0.2) is 9.97 Å². The molecular formula is C19H18N4O. The molecular weight excluding hydrogens is 300 g/mol. The lowest BCUT2D eigenvalue weighted by Gasteiger charge is -2.21. The van der Waals surface area contributed by atoms with E-state index in [4.69, 9.17) is 11.5 Å². The molecule has 0 saturated carbocycles. The molecule has 0 radical (unpaired) electrons. The fraction of sp³-hybridized carbons (Fsp3) is 0.105. The first-order chi connectivity index (χ1) is 11.6. The maximum Gasteiger partial charge on any atom is 0.252 e. The SMILES string of the molecule is Cc1nc(N)nc(C(c2ccccc2)c2ccccc2)c1C(N)=O. The molecule has 1 amide bonds. The standard InChI is InChI=1S/C19H18N4O/c1-12-15(18(20)24)17(23-19(21)22-12)16(13-8-4-2-5-9-13)14-10-6-3-7-11-14/h2-11,16H,1H3,(H2,20,24)(H2,21,22,23). The quantitative estimate of drug-likeness (QED) is 0.773. The van der Waals surface area contributed by atoms with Gasteiger partial charge in [0.25, 0.3) is 5.91 Å². The highest BCUT2D eigenvalue weighted by molar-refractivity contribution is 5.95. The Morgan fingerprint density at radius 1 is 0.917 bits per heavy atom. The predicted molar refractivity (Wildman–Crippen MR) is 93.5 cm³/mol. The van der Waals surface area contributed by atoms with Crippen LogP contribution in [0.3, 0.4) is 0 Å². The number of nitrogens with zero attached hydrogens (tertiary/aromatic N) is 2. The Hall–Kier alpha value is -3.21. The molecule has 0 aliphatic rings. The number of hydrogen-bond acceptors (Lipinski definition) is 4. The van der Waals surface area contributed by atoms with Crippen molar-refractivity contribution in [2.24, 2.45) is 5.73 Å². The van der Waals surface area contributed by atoms with E-state index in [0.717, 1.165) is 11.1 Å². The molecule has 24 heavy (non-hydrogen) atoms. The van der Waals surface area contributed by atoms with Gasteiger partial charge in [0, 0.05) is 0 Å². The van der Waals surface area contributed by atoms with Gasteiger partial charge in [0.1, 0.15) is 0 Å². The molecule has 5 heteroatoms. The van der Waals surface area contributed by atoms with Crippen molar-refractivity contribution in [2.45, 2.75) is 12.8 Å². The number of aryl methyl sites for hydroxylation is 1. The van der Waals surface area contributed by atoms with Crippen molar-refractivity contribution in [3.05, 3.63) is 88.7 Å². The van der Waals surface area contributed by atoms with Gasteiger partial charge < -0.3 is 11.5 Å². The average molecular weight is 318 g/mol. The van der Waals surface area contributed by atoms with Crippen molar-refractivity contribution in [1.29, 1.82) is 0 Å². The molecule has 2 aromatic carbocycles. The van der Waals surface area contributed by atoms with Gasteiger partial charge in [0.05, 0.1) is 22.9 Å². The Bertz CT molecular complexity index is 824. The lowest BCUT2D eigenvalue weighted by atomic mass is 9.85. The summed E-state index contributed by atoms with van der Waals surface area (Å²) in [6.07, 6.45) is 0. The van der Waals surface area contributed by atoms with Crippen LogP contribution in [0.5, 0.6) is 0 Å². The van der Waals surface area contributed by atoms with Crippen LogP contribution in [0.2, 0.25) is 0 Å². The first kappa shape index (κ1) is 15.7. The second-order valence-electron chi connectivity index (χ2n) is 5.55. The zero-order valence-electron chi connectivity index (χ0n) is 13.3. The zero-order chi connectivity index (χ0) is 17.1. The topological polar surface area (TPSA) is 94.9 Å². The number of aromatic nitrogens is 2. The van der Waals surface area contributed by atoms with E-state index in [1.807, 2.05) is 60.7 Å². The molecule has 0 spiro atoms. The summed E-state index contributed by atoms with van der Waals surface area (Å²) in [6, 6.07) is 19.7. The molecule has 1 aromatic heterocycles. The Labute approximate surface area is 140 Å². The van der Waals surface area contributed by atoms with Crippen LogP contribution in [0.4, 0.5) is 5.95 Å². The minimum Gasteiger partial charge on any atom is -0.368 e. The van der Waals surface area contributed by atoms with Gasteiger partial charge in [-0.05, 0) is 18.1 Å². The van der Waals surface area contributed by atoms with E-state index in [0.29, 0.717) is 17.0 Å². The number of carbonyl (C=O) groups excluding carboxylic acids is 1. The largest absolute Gasteiger partial charge is 0.368 e. The molecule has 4 N–H and O–H groups in total. The number of nitrogens with two attached hydrogens (primary N) is 2. The van der Waals surface area contributed by atoms with Crippen LogP contribution in [0, 0.1) is 6.92 Å². The van der Waals surface area contributed by atoms with Crippen molar-refractivity contribution >= 4 is 11.9 Å². The highest BCUT2D eigenvalue weighted by atomic mass is 16.1. The maximum absolute atomic E-state index is 12.0. The third kappa shape index (κ3) is 2.96. The smallest absolute Gasteiger partial charge is 0.252 e. The van der Waals surface area contributed by atoms with Crippen LogP contribution in [-0.2, 0) is 0 Å². The molecule has 3 aromatic rings. The number of primary amides is 1. The normalized spacial score (nSPS) is 10.8. The number of rotatable bonds is 4. The summed E-state index contributed by atoms with van der Waals surface area (Å²) in [5, 5.41) is 0. The van der Waals surface area contributed by atoms with Gasteiger partial charge in [-0.15, -0.1) is 0 Å². The van der Waals surface area contributed by atoms with E-state index in [-0.39, 0.29) is 11.9 Å². The van der Waals surface area contributed by atoms with Crippen molar-refractivity contribution < 1.29 is 4.79 Å². The Balaban J connectivity index is 2.30. The van der Waals surface area contributed by atoms with Gasteiger partial charge in [0.15, 0.2) is 0 Å². The number of anilines is 1. The Kier molecular flexibility index (Phi) is 4.24. The van der Waals surface area contributed by atoms with E-state index in [9.17, 15) is 4.79 Å². The van der Waals surface area contributed by atoms with E-state index in [1.165, 1.54) is 0 Å². The molecule has 120 valence electrons. The van der Waals surface area contributed by atoms with Crippen molar-refractivity contribution in [1.82, 2.24) is 9.97 Å². The van der Waals surface area contributed by atoms with Gasteiger partial charge >= 0.3 is 0 Å². The van der Waals surface area contributed by atoms with Crippen LogP contribution in [0.15, 0.2) is 60.7 Å². The van der Waals surface area contributed by atoms with Gasteiger partial charge in [0.2, 0.25) is 5.95 Å². The molecule has 0 aliphatic carbocycles. The minimum absolute atomic E-state index is 0.129. The number of benzene rings is 2. The Morgan fingerprint density at radius 3 is 1.88 bits per heavy atom. The average Bonchev–Trinajstić information content (AvgIpc) is 2.56. The fourth-order valence-corrected chi connectivity index (χ4v) is 2.93. The van der Waals surface area contributed by atoms with Gasteiger partial charge in [-0.1, -0.05) is 60.7 Å². The molecule has 0 atom stereocenters. The summed E-state index contributed by atoms with van der Waals surface area (Å²) >= 11 is 0. The molecule has 0 aliphatic heterocycles. The predicted octanol–water partition coefficient (Wildman–Crippen LogP) is 2.65. The minimum atomic E-state index is -0.556. The molecule has 0 bridgehead atoms. The molecule has 0 unspecified atom stereocenters. The Morgan fingerprint density at radius 2 is 1.42 bits per heavy atom. The number of amides is 1. The summed E-state index contributed by atoms with van der Waals surface area (Å²) in [5.74, 6) is -0.678. The third-order valence-electron chi connectivity index (χ3n) is 3.92. The van der Waals surface area contributed by atoms with Crippen molar-refractivity contribution in [3.8, 4) is 0 Å². The first-order valence-corrected chi connectivity index (χ1v) is 7.61. The van der Waals surface area contributed by atoms with E-state index in [2.05, 4.69) is 9.97 Å². The molecule has 3 rings (SSSR count). The van der Waals surface area contributed by atoms with Crippen LogP contribution in [0.25, 0.3) is 0 Å². The second kappa shape index (κ2) is 6.50. The molecule has 0 saturated heterocycles. The highest BCUT2D eigenvalue weighted by Gasteiger charge is 2.26. The van der Waals surface area contributed by atoms with Crippen LogP contribution < -0.4 is 11.5 Å². The van der Waals surface area contributed by atoms with Gasteiger partial charge in [-0.2, -0.15) is 0 Å². The third-order valence-corrected chi connectivity index (χ3v) is 3.92. The number of hydrogen-bond donors (Lipinski definition) is 2. The number of nitrogen functional groups attached to an aromatic ring is 1. The highest BCUT2D eigenvalue weighted by Crippen LogP contribution is 2.33. The summed E-state index contributed by atoms with van der Waals surface area (Å²) in [6.45, 7) is 1.72. The lowest BCUT2D eigenvalue weighted by molar-refractivity contribution is 0.0998. The van der Waals surface area contributed by atoms with Crippen LogP contribution in [0.1, 0.15) is 38.8 Å². The lowest BCUT2D eigenvalue weighted by Crippen LogP contribution is -2.21. The first-order valence-electron chi connectivity index (χ1n) is 7.61. The van der Waals surface area contributed by atoms with E-state index >= 15 is 0 Å². The summed E-state index contributed by atoms with van der Waals surface area (Å²) < 4.78 is 0. The summed E-state index contributed by atoms with van der Waals surface area (Å²) in [7, 11) is 0. The van der Waals surface area contributed by atoms with Crippen molar-refractivity contribution in [3.63, 3.8) is 0 Å². The van der Waals surface area contributed by atoms with Crippen molar-refractivity contribution in [2.75, 3.05) is 5.73 Å². The molecule has 0 fully saturated rings. The fourth-order valence-electron chi connectivity index (χ4n) is 2.93. The zero-order valence-corrected chi connectivity index (χ0v) is 13.3. The second-order valence-corrected chi connectivity index (χ2v) is 5.55. The van der Waals surface area contributed by atoms with Crippen LogP contribution in [-0.4, -0.2) is 15.9 Å². The van der Waals surface area contributed by atoms with E-state index < -0.39 is 5.91 Å². The summed E-state index contributed by atoms with van der Waals surface area (Å²) in [5.41, 5.74) is 14.8.